The Balaban J connectivity index is 1.63. The van der Waals surface area contributed by atoms with Crippen molar-refractivity contribution in [1.29, 1.82) is 0 Å². The highest BCUT2D eigenvalue weighted by atomic mass is 32.1. The van der Waals surface area contributed by atoms with Crippen molar-refractivity contribution >= 4 is 22.4 Å². The molecule has 2 heterocycles. The van der Waals surface area contributed by atoms with Gasteiger partial charge in [-0.2, -0.15) is 0 Å². The zero-order valence-electron chi connectivity index (χ0n) is 13.3. The smallest absolute Gasteiger partial charge is 0.293 e. The molecule has 0 fully saturated rings. The van der Waals surface area contributed by atoms with Crippen molar-refractivity contribution in [2.24, 2.45) is 0 Å². The fourth-order valence-corrected chi connectivity index (χ4v) is 2.80. The lowest BCUT2D eigenvalue weighted by molar-refractivity contribution is 0.0996. The van der Waals surface area contributed by atoms with E-state index in [1.54, 1.807) is 12.1 Å². The van der Waals surface area contributed by atoms with E-state index in [0.717, 1.165) is 36.5 Å². The van der Waals surface area contributed by atoms with Crippen LogP contribution in [0.5, 0.6) is 5.75 Å². The highest BCUT2D eigenvalue weighted by Gasteiger charge is 2.12. The minimum absolute atomic E-state index is 0.264. The van der Waals surface area contributed by atoms with Gasteiger partial charge < -0.3 is 9.15 Å². The maximum absolute atomic E-state index is 11.9. The van der Waals surface area contributed by atoms with E-state index in [1.165, 1.54) is 17.6 Å². The van der Waals surface area contributed by atoms with E-state index in [0.29, 0.717) is 5.13 Å². The maximum atomic E-state index is 11.9. The summed E-state index contributed by atoms with van der Waals surface area (Å²) in [6, 6.07) is 11.1. The van der Waals surface area contributed by atoms with E-state index in [1.807, 2.05) is 29.6 Å². The average Bonchev–Trinajstić information content (AvgIpc) is 3.27. The lowest BCUT2D eigenvalue weighted by Crippen LogP contribution is -2.10. The van der Waals surface area contributed by atoms with Crippen LogP contribution in [0.25, 0.3) is 11.3 Å². The predicted octanol–water partition coefficient (Wildman–Crippen LogP) is 4.83. The zero-order valence-corrected chi connectivity index (χ0v) is 14.1. The second kappa shape index (κ2) is 7.79. The van der Waals surface area contributed by atoms with Gasteiger partial charge in [-0.25, -0.2) is 4.98 Å². The molecule has 1 N–H and O–H groups in total. The number of carbonyl (C=O) groups is 1. The lowest BCUT2D eigenvalue weighted by atomic mass is 10.2. The van der Waals surface area contributed by atoms with Gasteiger partial charge in [0.15, 0.2) is 10.9 Å². The third-order valence-corrected chi connectivity index (χ3v) is 4.14. The number of carbonyl (C=O) groups excluding carboxylic acids is 1. The third-order valence-electron chi connectivity index (χ3n) is 3.39. The molecule has 6 heteroatoms. The summed E-state index contributed by atoms with van der Waals surface area (Å²) in [5.41, 5.74) is 1.79. The molecular weight excluding hydrogens is 324 g/mol. The van der Waals surface area contributed by atoms with Crippen molar-refractivity contribution in [3.05, 3.63) is 53.8 Å². The van der Waals surface area contributed by atoms with Crippen molar-refractivity contribution in [3.63, 3.8) is 0 Å². The van der Waals surface area contributed by atoms with Gasteiger partial charge in [0, 0.05) is 10.9 Å². The number of furan rings is 1. The number of benzene rings is 1. The molecule has 0 aliphatic rings. The molecule has 0 saturated heterocycles. The van der Waals surface area contributed by atoms with Crippen LogP contribution in [0.2, 0.25) is 0 Å². The van der Waals surface area contributed by atoms with Gasteiger partial charge in [-0.3, -0.25) is 10.1 Å². The second-order valence-corrected chi connectivity index (χ2v) is 6.05. The molecule has 24 heavy (non-hydrogen) atoms. The normalized spacial score (nSPS) is 10.5. The molecule has 0 radical (unpaired) electrons. The quantitative estimate of drug-likeness (QED) is 0.624. The van der Waals surface area contributed by atoms with Gasteiger partial charge in [0.25, 0.3) is 5.91 Å². The number of ether oxygens (including phenoxy) is 1. The first kappa shape index (κ1) is 16.3. The lowest BCUT2D eigenvalue weighted by Gasteiger charge is -2.05. The second-order valence-electron chi connectivity index (χ2n) is 5.20. The fraction of sp³-hybridized carbons (Fsp3) is 0.222. The molecule has 1 aromatic carbocycles. The largest absolute Gasteiger partial charge is 0.494 e. The van der Waals surface area contributed by atoms with E-state index in [2.05, 4.69) is 17.2 Å². The number of nitrogens with one attached hydrogen (secondary N) is 1. The Morgan fingerprint density at radius 1 is 1.29 bits per heavy atom. The number of amides is 1. The molecule has 0 bridgehead atoms. The summed E-state index contributed by atoms with van der Waals surface area (Å²) < 4.78 is 10.7. The van der Waals surface area contributed by atoms with Gasteiger partial charge in [0.05, 0.1) is 18.6 Å². The number of aromatic nitrogens is 1. The number of thiazole rings is 1. The van der Waals surface area contributed by atoms with Crippen LogP contribution in [-0.4, -0.2) is 17.5 Å². The molecule has 5 nitrogen and oxygen atoms in total. The Morgan fingerprint density at radius 2 is 2.12 bits per heavy atom. The minimum atomic E-state index is -0.305. The molecule has 2 aromatic heterocycles. The number of anilines is 1. The number of hydrogen-bond donors (Lipinski definition) is 1. The molecule has 3 aromatic rings. The first-order chi connectivity index (χ1) is 11.8. The van der Waals surface area contributed by atoms with Crippen LogP contribution < -0.4 is 10.1 Å². The Bertz CT molecular complexity index is 779. The van der Waals surface area contributed by atoms with Gasteiger partial charge in [0.1, 0.15) is 5.75 Å². The molecule has 3 rings (SSSR count). The predicted molar refractivity (Wildman–Crippen MR) is 94.6 cm³/mol. The molecule has 0 spiro atoms. The molecule has 0 unspecified atom stereocenters. The Labute approximate surface area is 144 Å². The molecule has 0 aliphatic carbocycles. The summed E-state index contributed by atoms with van der Waals surface area (Å²) >= 11 is 1.38. The summed E-state index contributed by atoms with van der Waals surface area (Å²) in [4.78, 5) is 16.4. The number of hydrogen-bond acceptors (Lipinski definition) is 5. The van der Waals surface area contributed by atoms with Crippen LogP contribution in [0.3, 0.4) is 0 Å². The van der Waals surface area contributed by atoms with Crippen LogP contribution in [0.4, 0.5) is 5.13 Å². The van der Waals surface area contributed by atoms with Crippen LogP contribution in [0.1, 0.15) is 30.3 Å². The van der Waals surface area contributed by atoms with E-state index in [-0.39, 0.29) is 11.7 Å². The number of nitrogens with zero attached hydrogens (tertiary/aromatic N) is 1. The van der Waals surface area contributed by atoms with Gasteiger partial charge in [0.2, 0.25) is 0 Å². The minimum Gasteiger partial charge on any atom is -0.494 e. The summed E-state index contributed by atoms with van der Waals surface area (Å²) in [7, 11) is 0. The van der Waals surface area contributed by atoms with Crippen molar-refractivity contribution < 1.29 is 13.9 Å². The van der Waals surface area contributed by atoms with Crippen LogP contribution in [0.15, 0.2) is 52.5 Å². The van der Waals surface area contributed by atoms with Gasteiger partial charge in [-0.05, 0) is 42.8 Å². The Kier molecular flexibility index (Phi) is 5.28. The molecule has 0 atom stereocenters. The van der Waals surface area contributed by atoms with Crippen molar-refractivity contribution in [1.82, 2.24) is 4.98 Å². The standard InChI is InChI=1S/C18H18N2O3S/c1-2-3-10-22-14-8-6-13(7-9-14)15-12-24-18(19-15)20-17(21)16-5-4-11-23-16/h4-9,11-12H,2-3,10H2,1H3,(H,19,20,21). The summed E-state index contributed by atoms with van der Waals surface area (Å²) in [6.07, 6.45) is 3.63. The SMILES string of the molecule is CCCCOc1ccc(-c2csc(NC(=O)c3ccco3)n2)cc1. The van der Waals surface area contributed by atoms with Gasteiger partial charge >= 0.3 is 0 Å². The number of rotatable bonds is 7. The zero-order chi connectivity index (χ0) is 16.8. The highest BCUT2D eigenvalue weighted by molar-refractivity contribution is 7.14. The molecular formula is C18H18N2O3S. The Hall–Kier alpha value is -2.60. The average molecular weight is 342 g/mol. The van der Waals surface area contributed by atoms with E-state index in [9.17, 15) is 4.79 Å². The molecule has 0 aliphatic heterocycles. The van der Waals surface area contributed by atoms with Crippen molar-refractivity contribution in [2.45, 2.75) is 19.8 Å². The highest BCUT2D eigenvalue weighted by Crippen LogP contribution is 2.27. The van der Waals surface area contributed by atoms with Crippen molar-refractivity contribution in [2.75, 3.05) is 11.9 Å². The van der Waals surface area contributed by atoms with Crippen molar-refractivity contribution in [3.8, 4) is 17.0 Å². The van der Waals surface area contributed by atoms with Gasteiger partial charge in [-0.15, -0.1) is 11.3 Å². The van der Waals surface area contributed by atoms with E-state index in [4.69, 9.17) is 9.15 Å². The summed E-state index contributed by atoms with van der Waals surface area (Å²) in [5, 5.41) is 5.17. The van der Waals surface area contributed by atoms with Crippen LogP contribution >= 0.6 is 11.3 Å². The monoisotopic (exact) mass is 342 g/mol. The molecule has 1 amide bonds. The molecule has 0 saturated carbocycles. The fourth-order valence-electron chi connectivity index (χ4n) is 2.09. The summed E-state index contributed by atoms with van der Waals surface area (Å²) in [6.45, 7) is 2.87. The Morgan fingerprint density at radius 3 is 2.83 bits per heavy atom. The van der Waals surface area contributed by atoms with Crippen LogP contribution in [-0.2, 0) is 0 Å². The molecule has 124 valence electrons. The van der Waals surface area contributed by atoms with Crippen LogP contribution in [0, 0.1) is 0 Å². The van der Waals surface area contributed by atoms with E-state index >= 15 is 0 Å². The first-order valence-corrected chi connectivity index (χ1v) is 8.68. The van der Waals surface area contributed by atoms with Gasteiger partial charge in [-0.1, -0.05) is 13.3 Å². The maximum Gasteiger partial charge on any atom is 0.293 e. The third kappa shape index (κ3) is 4.02. The topological polar surface area (TPSA) is 64.4 Å². The number of unbranched alkanes of at least 4 members (excludes halogenated alkanes) is 1. The van der Waals surface area contributed by atoms with E-state index < -0.39 is 0 Å². The summed E-state index contributed by atoms with van der Waals surface area (Å²) in [5.74, 6) is 0.815. The first-order valence-electron chi connectivity index (χ1n) is 7.80.